The predicted octanol–water partition coefficient (Wildman–Crippen LogP) is 4.72. The van der Waals surface area contributed by atoms with Gasteiger partial charge in [-0.05, 0) is 42.8 Å². The van der Waals surface area contributed by atoms with Gasteiger partial charge in [0, 0.05) is 28.7 Å². The molecule has 0 aliphatic carbocycles. The minimum absolute atomic E-state index is 0.268. The van der Waals surface area contributed by atoms with Crippen molar-refractivity contribution in [2.24, 2.45) is 0 Å². The third-order valence-electron chi connectivity index (χ3n) is 2.99. The van der Waals surface area contributed by atoms with Gasteiger partial charge >= 0.3 is 0 Å². The van der Waals surface area contributed by atoms with Crippen molar-refractivity contribution in [3.8, 4) is 0 Å². The van der Waals surface area contributed by atoms with E-state index in [0.29, 0.717) is 11.1 Å². The highest BCUT2D eigenvalue weighted by Crippen LogP contribution is 2.19. The number of hydrogen-bond acceptors (Lipinski definition) is 1. The van der Waals surface area contributed by atoms with E-state index in [1.54, 1.807) is 19.1 Å². The first-order valence-electron chi connectivity index (χ1n) is 6.09. The summed E-state index contributed by atoms with van der Waals surface area (Å²) in [4.78, 5) is 0. The van der Waals surface area contributed by atoms with Crippen LogP contribution in [-0.2, 0) is 6.54 Å². The first kappa shape index (κ1) is 15.1. The van der Waals surface area contributed by atoms with E-state index in [9.17, 15) is 13.2 Å². The van der Waals surface area contributed by atoms with E-state index in [-0.39, 0.29) is 18.4 Å². The highest BCUT2D eigenvalue weighted by Gasteiger charge is 2.10. The van der Waals surface area contributed by atoms with Gasteiger partial charge in [0.1, 0.15) is 17.5 Å². The summed E-state index contributed by atoms with van der Waals surface area (Å²) in [5.41, 5.74) is 0.973. The van der Waals surface area contributed by atoms with Crippen LogP contribution in [0.1, 0.15) is 24.1 Å². The highest BCUT2D eigenvalue weighted by molar-refractivity contribution is 9.10. The summed E-state index contributed by atoms with van der Waals surface area (Å²) in [7, 11) is 0. The van der Waals surface area contributed by atoms with E-state index in [1.165, 1.54) is 18.2 Å². The van der Waals surface area contributed by atoms with E-state index < -0.39 is 11.6 Å². The highest BCUT2D eigenvalue weighted by atomic mass is 79.9. The molecule has 0 aromatic heterocycles. The molecule has 5 heteroatoms. The Labute approximate surface area is 123 Å². The summed E-state index contributed by atoms with van der Waals surface area (Å²) in [5.74, 6) is -1.57. The molecule has 2 rings (SSSR count). The first-order chi connectivity index (χ1) is 9.45. The molecule has 0 fully saturated rings. The minimum Gasteiger partial charge on any atom is -0.306 e. The summed E-state index contributed by atoms with van der Waals surface area (Å²) in [6, 6.07) is 7.71. The molecular formula is C15H13BrF3N. The molecule has 0 saturated carbocycles. The standard InChI is InChI=1S/C15H13BrF3N/c1-9(10-5-13(17)7-14(18)6-10)20-8-11-4-12(16)2-3-15(11)19/h2-7,9,20H,8H2,1H3. The number of benzene rings is 2. The second-order valence-corrected chi connectivity index (χ2v) is 5.46. The molecule has 0 spiro atoms. The van der Waals surface area contributed by atoms with Gasteiger partial charge in [-0.25, -0.2) is 13.2 Å². The van der Waals surface area contributed by atoms with Gasteiger partial charge in [-0.3, -0.25) is 0 Å². The third-order valence-corrected chi connectivity index (χ3v) is 3.48. The Bertz CT molecular complexity index is 596. The van der Waals surface area contributed by atoms with Crippen molar-refractivity contribution in [1.29, 1.82) is 0 Å². The lowest BCUT2D eigenvalue weighted by atomic mass is 10.1. The third kappa shape index (κ3) is 3.84. The van der Waals surface area contributed by atoms with Crippen LogP contribution < -0.4 is 5.32 Å². The first-order valence-corrected chi connectivity index (χ1v) is 6.88. The van der Waals surface area contributed by atoms with Gasteiger partial charge < -0.3 is 5.32 Å². The smallest absolute Gasteiger partial charge is 0.127 e. The van der Waals surface area contributed by atoms with Gasteiger partial charge in [0.05, 0.1) is 0 Å². The molecule has 1 atom stereocenters. The van der Waals surface area contributed by atoms with Crippen LogP contribution in [0.3, 0.4) is 0 Å². The SMILES string of the molecule is CC(NCc1cc(Br)ccc1F)c1cc(F)cc(F)c1. The molecule has 2 aromatic rings. The van der Waals surface area contributed by atoms with Gasteiger partial charge in [0.2, 0.25) is 0 Å². The molecule has 0 aliphatic rings. The Morgan fingerprint density at radius 3 is 2.35 bits per heavy atom. The van der Waals surface area contributed by atoms with Crippen LogP contribution >= 0.6 is 15.9 Å². The molecule has 106 valence electrons. The Balaban J connectivity index is 2.08. The van der Waals surface area contributed by atoms with Gasteiger partial charge in [0.15, 0.2) is 0 Å². The minimum atomic E-state index is -0.623. The second kappa shape index (κ2) is 6.41. The Morgan fingerprint density at radius 1 is 1.05 bits per heavy atom. The molecule has 2 aromatic carbocycles. The Morgan fingerprint density at radius 2 is 1.70 bits per heavy atom. The molecule has 20 heavy (non-hydrogen) atoms. The number of rotatable bonds is 4. The average Bonchev–Trinajstić information content (AvgIpc) is 2.38. The Kier molecular flexibility index (Phi) is 4.83. The molecule has 0 bridgehead atoms. The maximum atomic E-state index is 13.6. The lowest BCUT2D eigenvalue weighted by Gasteiger charge is -2.15. The maximum absolute atomic E-state index is 13.6. The molecule has 0 radical (unpaired) electrons. The lowest BCUT2D eigenvalue weighted by molar-refractivity contribution is 0.530. The molecular weight excluding hydrogens is 331 g/mol. The Hall–Kier alpha value is -1.33. The normalized spacial score (nSPS) is 12.4. The lowest BCUT2D eigenvalue weighted by Crippen LogP contribution is -2.19. The van der Waals surface area contributed by atoms with Crippen LogP contribution in [0.2, 0.25) is 0 Å². The van der Waals surface area contributed by atoms with Crippen molar-refractivity contribution in [1.82, 2.24) is 5.32 Å². The van der Waals surface area contributed by atoms with Crippen molar-refractivity contribution in [2.45, 2.75) is 19.5 Å². The summed E-state index contributed by atoms with van der Waals surface area (Å²) >= 11 is 3.27. The molecule has 1 unspecified atom stereocenters. The molecule has 0 saturated heterocycles. The molecule has 0 aliphatic heterocycles. The van der Waals surface area contributed by atoms with Crippen LogP contribution in [0.15, 0.2) is 40.9 Å². The number of nitrogens with one attached hydrogen (secondary N) is 1. The topological polar surface area (TPSA) is 12.0 Å². The quantitative estimate of drug-likeness (QED) is 0.847. The van der Waals surface area contributed by atoms with Gasteiger partial charge in [-0.1, -0.05) is 15.9 Å². The maximum Gasteiger partial charge on any atom is 0.127 e. The average molecular weight is 344 g/mol. The van der Waals surface area contributed by atoms with Crippen LogP contribution in [0.4, 0.5) is 13.2 Å². The fourth-order valence-electron chi connectivity index (χ4n) is 1.88. The van der Waals surface area contributed by atoms with Crippen LogP contribution in [0, 0.1) is 17.5 Å². The summed E-state index contributed by atoms with van der Waals surface area (Å²) in [5, 5.41) is 3.04. The zero-order chi connectivity index (χ0) is 14.7. The van der Waals surface area contributed by atoms with Crippen LogP contribution in [-0.4, -0.2) is 0 Å². The predicted molar refractivity (Wildman–Crippen MR) is 75.7 cm³/mol. The second-order valence-electron chi connectivity index (χ2n) is 4.54. The van der Waals surface area contributed by atoms with E-state index in [2.05, 4.69) is 21.2 Å². The number of hydrogen-bond donors (Lipinski definition) is 1. The summed E-state index contributed by atoms with van der Waals surface area (Å²) in [6.07, 6.45) is 0. The molecule has 0 heterocycles. The van der Waals surface area contributed by atoms with E-state index in [0.717, 1.165) is 10.5 Å². The van der Waals surface area contributed by atoms with E-state index in [1.807, 2.05) is 0 Å². The van der Waals surface area contributed by atoms with Crippen molar-refractivity contribution >= 4 is 15.9 Å². The van der Waals surface area contributed by atoms with Crippen molar-refractivity contribution in [3.63, 3.8) is 0 Å². The number of halogens is 4. The zero-order valence-corrected chi connectivity index (χ0v) is 12.3. The van der Waals surface area contributed by atoms with Crippen molar-refractivity contribution in [3.05, 3.63) is 69.4 Å². The van der Waals surface area contributed by atoms with Crippen LogP contribution in [0.25, 0.3) is 0 Å². The van der Waals surface area contributed by atoms with Gasteiger partial charge in [-0.2, -0.15) is 0 Å². The fourth-order valence-corrected chi connectivity index (χ4v) is 2.29. The summed E-state index contributed by atoms with van der Waals surface area (Å²) in [6.45, 7) is 2.04. The summed E-state index contributed by atoms with van der Waals surface area (Å²) < 4.78 is 40.6. The van der Waals surface area contributed by atoms with E-state index >= 15 is 0 Å². The van der Waals surface area contributed by atoms with E-state index in [4.69, 9.17) is 0 Å². The van der Waals surface area contributed by atoms with Gasteiger partial charge in [0.25, 0.3) is 0 Å². The largest absolute Gasteiger partial charge is 0.306 e. The molecule has 0 amide bonds. The fraction of sp³-hybridized carbons (Fsp3) is 0.200. The zero-order valence-electron chi connectivity index (χ0n) is 10.8. The van der Waals surface area contributed by atoms with Crippen molar-refractivity contribution in [2.75, 3.05) is 0 Å². The molecule has 1 nitrogen and oxygen atoms in total. The van der Waals surface area contributed by atoms with Gasteiger partial charge in [-0.15, -0.1) is 0 Å². The molecule has 1 N–H and O–H groups in total. The monoisotopic (exact) mass is 343 g/mol. The van der Waals surface area contributed by atoms with Crippen LogP contribution in [0.5, 0.6) is 0 Å². The van der Waals surface area contributed by atoms with Crippen molar-refractivity contribution < 1.29 is 13.2 Å².